The van der Waals surface area contributed by atoms with Crippen LogP contribution < -0.4 is 0 Å². The second kappa shape index (κ2) is 6.76. The lowest BCUT2D eigenvalue weighted by atomic mass is 10.1. The highest BCUT2D eigenvalue weighted by Gasteiger charge is 2.24. The first-order valence-electron chi connectivity index (χ1n) is 8.87. The molecule has 0 unspecified atom stereocenters. The van der Waals surface area contributed by atoms with Crippen molar-refractivity contribution in [2.24, 2.45) is 0 Å². The predicted molar refractivity (Wildman–Crippen MR) is 89.3 cm³/mol. The second-order valence-corrected chi connectivity index (χ2v) is 6.68. The topological polar surface area (TPSA) is 70.1 Å². The van der Waals surface area contributed by atoms with E-state index in [1.807, 2.05) is 17.0 Å². The molecule has 0 bridgehead atoms. The zero-order valence-electron chi connectivity index (χ0n) is 13.9. The molecule has 2 aromatic rings. The first-order chi connectivity index (χ1) is 11.8. The Morgan fingerprint density at radius 3 is 2.75 bits per heavy atom. The minimum absolute atomic E-state index is 0.0361. The van der Waals surface area contributed by atoms with Crippen molar-refractivity contribution in [3.8, 4) is 0 Å². The Labute approximate surface area is 141 Å². The van der Waals surface area contributed by atoms with Crippen LogP contribution >= 0.6 is 0 Å². The van der Waals surface area contributed by atoms with Crippen molar-refractivity contribution in [2.75, 3.05) is 19.6 Å². The van der Waals surface area contributed by atoms with Gasteiger partial charge in [0.05, 0.1) is 13.1 Å². The maximum absolute atomic E-state index is 12.6. The van der Waals surface area contributed by atoms with Crippen LogP contribution in [0, 0.1) is 0 Å². The molecule has 2 aliphatic rings. The summed E-state index contributed by atoms with van der Waals surface area (Å²) in [4.78, 5) is 19.9. The number of rotatable bonds is 3. The zero-order valence-corrected chi connectivity index (χ0v) is 13.9. The molecule has 0 saturated carbocycles. The smallest absolute Gasteiger partial charge is 0.270 e. The van der Waals surface area contributed by atoms with Crippen LogP contribution in [0.25, 0.3) is 0 Å². The summed E-state index contributed by atoms with van der Waals surface area (Å²) in [7, 11) is 0. The molecule has 0 atom stereocenters. The van der Waals surface area contributed by atoms with Gasteiger partial charge in [-0.2, -0.15) is 0 Å². The summed E-state index contributed by atoms with van der Waals surface area (Å²) in [5, 5.41) is 8.79. The molecular weight excluding hydrogens is 304 g/mol. The molecule has 1 N–H and O–H groups in total. The second-order valence-electron chi connectivity index (χ2n) is 6.68. The summed E-state index contributed by atoms with van der Waals surface area (Å²) in [6.07, 6.45) is 6.61. The van der Waals surface area contributed by atoms with Crippen molar-refractivity contribution in [3.63, 3.8) is 0 Å². The summed E-state index contributed by atoms with van der Waals surface area (Å²) >= 11 is 0. The predicted octanol–water partition coefficient (Wildman–Crippen LogP) is 1.64. The number of nitrogens with zero attached hydrogens (tertiary/aromatic N) is 5. The van der Waals surface area contributed by atoms with E-state index < -0.39 is 0 Å². The first-order valence-corrected chi connectivity index (χ1v) is 8.87. The van der Waals surface area contributed by atoms with E-state index in [4.69, 9.17) is 0 Å². The van der Waals surface area contributed by atoms with Crippen LogP contribution in [-0.2, 0) is 19.6 Å². The fourth-order valence-corrected chi connectivity index (χ4v) is 3.66. The fraction of sp³-hybridized carbons (Fsp3) is 0.588. The number of carbonyl (C=O) groups is 1. The third kappa shape index (κ3) is 3.08. The molecule has 0 spiro atoms. The number of nitrogens with one attached hydrogen (secondary N) is 1. The minimum atomic E-state index is 0.0361. The third-order valence-corrected chi connectivity index (χ3v) is 4.98. The van der Waals surface area contributed by atoms with Crippen LogP contribution in [0.5, 0.6) is 0 Å². The molecule has 1 amide bonds. The summed E-state index contributed by atoms with van der Waals surface area (Å²) in [5.74, 6) is 1.98. The minimum Gasteiger partial charge on any atom is -0.357 e. The molecule has 0 aliphatic carbocycles. The first kappa shape index (κ1) is 15.4. The Bertz CT molecular complexity index is 686. The number of carbonyl (C=O) groups excluding carboxylic acids is 1. The van der Waals surface area contributed by atoms with Gasteiger partial charge in [-0.3, -0.25) is 9.69 Å². The van der Waals surface area contributed by atoms with Gasteiger partial charge in [0.25, 0.3) is 5.91 Å². The lowest BCUT2D eigenvalue weighted by Gasteiger charge is -2.25. The molecule has 4 rings (SSSR count). The van der Waals surface area contributed by atoms with Crippen LogP contribution in [0.3, 0.4) is 0 Å². The number of piperidine rings is 1. The van der Waals surface area contributed by atoms with Gasteiger partial charge in [-0.25, -0.2) is 0 Å². The van der Waals surface area contributed by atoms with Gasteiger partial charge >= 0.3 is 0 Å². The Kier molecular flexibility index (Phi) is 4.34. The Morgan fingerprint density at radius 2 is 1.96 bits per heavy atom. The summed E-state index contributed by atoms with van der Waals surface area (Å²) in [6, 6.07) is 3.67. The maximum Gasteiger partial charge on any atom is 0.270 e. The van der Waals surface area contributed by atoms with E-state index in [2.05, 4.69) is 24.6 Å². The van der Waals surface area contributed by atoms with E-state index in [1.165, 1.54) is 19.3 Å². The summed E-state index contributed by atoms with van der Waals surface area (Å²) in [6.45, 7) is 5.35. The van der Waals surface area contributed by atoms with Gasteiger partial charge in [0, 0.05) is 19.3 Å². The Morgan fingerprint density at radius 1 is 1.08 bits per heavy atom. The molecule has 0 radical (unpaired) electrons. The lowest BCUT2D eigenvalue weighted by molar-refractivity contribution is 0.0738. The molecule has 1 saturated heterocycles. The van der Waals surface area contributed by atoms with Crippen molar-refractivity contribution in [3.05, 3.63) is 35.7 Å². The molecule has 2 aliphatic heterocycles. The average molecular weight is 328 g/mol. The average Bonchev–Trinajstić information content (AvgIpc) is 3.21. The number of hydrogen-bond donors (Lipinski definition) is 1. The SMILES string of the molecule is O=C(c1ccc[nH]1)N1CCCn2c(CN3CCCCC3)nnc2C1. The molecular formula is C17H24N6O. The normalized spacial score (nSPS) is 19.1. The lowest BCUT2D eigenvalue weighted by Crippen LogP contribution is -2.31. The number of aromatic nitrogens is 4. The van der Waals surface area contributed by atoms with Crippen molar-refractivity contribution in [2.45, 2.75) is 45.3 Å². The maximum atomic E-state index is 12.6. The monoisotopic (exact) mass is 328 g/mol. The van der Waals surface area contributed by atoms with E-state index in [-0.39, 0.29) is 5.91 Å². The highest BCUT2D eigenvalue weighted by molar-refractivity contribution is 5.92. The van der Waals surface area contributed by atoms with Gasteiger partial charge in [-0.05, 0) is 44.5 Å². The highest BCUT2D eigenvalue weighted by Crippen LogP contribution is 2.17. The van der Waals surface area contributed by atoms with Gasteiger partial charge < -0.3 is 14.5 Å². The van der Waals surface area contributed by atoms with Gasteiger partial charge in [-0.1, -0.05) is 6.42 Å². The molecule has 128 valence electrons. The Balaban J connectivity index is 1.49. The Hall–Kier alpha value is -2.15. The molecule has 24 heavy (non-hydrogen) atoms. The van der Waals surface area contributed by atoms with Crippen molar-refractivity contribution in [1.29, 1.82) is 0 Å². The van der Waals surface area contributed by atoms with Gasteiger partial charge in [-0.15, -0.1) is 10.2 Å². The molecule has 7 heteroatoms. The largest absolute Gasteiger partial charge is 0.357 e. The van der Waals surface area contributed by atoms with E-state index in [0.29, 0.717) is 12.2 Å². The number of amides is 1. The van der Waals surface area contributed by atoms with Crippen LogP contribution in [0.4, 0.5) is 0 Å². The van der Waals surface area contributed by atoms with Crippen molar-refractivity contribution >= 4 is 5.91 Å². The third-order valence-electron chi connectivity index (χ3n) is 4.98. The molecule has 4 heterocycles. The fourth-order valence-electron chi connectivity index (χ4n) is 3.66. The number of likely N-dealkylation sites (tertiary alicyclic amines) is 1. The van der Waals surface area contributed by atoms with Crippen LogP contribution in [0.15, 0.2) is 18.3 Å². The molecule has 7 nitrogen and oxygen atoms in total. The van der Waals surface area contributed by atoms with Crippen LogP contribution in [-0.4, -0.2) is 55.1 Å². The zero-order chi connectivity index (χ0) is 16.4. The van der Waals surface area contributed by atoms with Crippen LogP contribution in [0.1, 0.15) is 47.8 Å². The van der Waals surface area contributed by atoms with E-state index in [0.717, 1.165) is 50.8 Å². The number of H-pyrrole nitrogens is 1. The van der Waals surface area contributed by atoms with Gasteiger partial charge in [0.2, 0.25) is 0 Å². The number of aromatic amines is 1. The standard InChI is InChI=1S/C17H24N6O/c24-17(14-6-4-7-18-14)22-10-5-11-23-15(19-20-16(23)13-22)12-21-8-2-1-3-9-21/h4,6-7,18H,1-3,5,8-13H2. The van der Waals surface area contributed by atoms with Gasteiger partial charge in [0.1, 0.15) is 11.5 Å². The molecule has 0 aromatic carbocycles. The number of hydrogen-bond acceptors (Lipinski definition) is 4. The van der Waals surface area contributed by atoms with E-state index in [1.54, 1.807) is 6.20 Å². The highest BCUT2D eigenvalue weighted by atomic mass is 16.2. The molecule has 1 fully saturated rings. The van der Waals surface area contributed by atoms with Crippen LogP contribution in [0.2, 0.25) is 0 Å². The summed E-state index contributed by atoms with van der Waals surface area (Å²) < 4.78 is 2.22. The van der Waals surface area contributed by atoms with Crippen molar-refractivity contribution < 1.29 is 4.79 Å². The number of fused-ring (bicyclic) bond motifs is 1. The molecule has 2 aromatic heterocycles. The quantitative estimate of drug-likeness (QED) is 0.930. The van der Waals surface area contributed by atoms with E-state index >= 15 is 0 Å². The summed E-state index contributed by atoms with van der Waals surface area (Å²) in [5.41, 5.74) is 0.636. The van der Waals surface area contributed by atoms with Gasteiger partial charge in [0.15, 0.2) is 5.82 Å². The van der Waals surface area contributed by atoms with Crippen molar-refractivity contribution in [1.82, 2.24) is 29.5 Å². The van der Waals surface area contributed by atoms with E-state index in [9.17, 15) is 4.79 Å².